The van der Waals surface area contributed by atoms with E-state index in [1.807, 2.05) is 11.9 Å². The number of rotatable bonds is 11. The van der Waals surface area contributed by atoms with E-state index >= 15 is 0 Å². The molecule has 0 aromatic rings. The normalized spacial score (nSPS) is 11.6. The molecule has 0 aliphatic carbocycles. The van der Waals surface area contributed by atoms with Gasteiger partial charge in [0.05, 0.1) is 13.3 Å². The molecule has 0 heterocycles. The molecule has 0 aliphatic heterocycles. The van der Waals surface area contributed by atoms with Crippen molar-refractivity contribution in [3.8, 4) is 0 Å². The van der Waals surface area contributed by atoms with Crippen LogP contribution in [0.3, 0.4) is 0 Å². The maximum absolute atomic E-state index is 11.3. The zero-order valence-corrected chi connectivity index (χ0v) is 15.5. The number of carbonyl (C=O) groups excluding carboxylic acids is 2. The first kappa shape index (κ1) is 22.1. The number of nitrogens with zero attached hydrogens (tertiary/aromatic N) is 3. The van der Waals surface area contributed by atoms with E-state index < -0.39 is 0 Å². The zero-order chi connectivity index (χ0) is 18.4. The third kappa shape index (κ3) is 10.7. The van der Waals surface area contributed by atoms with Crippen molar-refractivity contribution >= 4 is 17.6 Å². The fourth-order valence-electron chi connectivity index (χ4n) is 1.69. The van der Waals surface area contributed by atoms with Crippen LogP contribution in [0.5, 0.6) is 0 Å². The van der Waals surface area contributed by atoms with Gasteiger partial charge in [0.2, 0.25) is 11.8 Å². The van der Waals surface area contributed by atoms with Gasteiger partial charge in [-0.3, -0.25) is 19.9 Å². The zero-order valence-electron chi connectivity index (χ0n) is 15.5. The number of hydrogen-bond acceptors (Lipinski definition) is 5. The van der Waals surface area contributed by atoms with Crippen LogP contribution in [0.1, 0.15) is 13.3 Å². The van der Waals surface area contributed by atoms with E-state index in [-0.39, 0.29) is 11.8 Å². The first-order valence-electron chi connectivity index (χ1n) is 7.99. The molecule has 0 aromatic carbocycles. The number of amides is 2. The minimum absolute atomic E-state index is 0.0643. The van der Waals surface area contributed by atoms with Crippen molar-refractivity contribution in [1.29, 1.82) is 0 Å². The van der Waals surface area contributed by atoms with Gasteiger partial charge in [-0.1, -0.05) is 0 Å². The Morgan fingerprint density at radius 1 is 1.17 bits per heavy atom. The monoisotopic (exact) mass is 341 g/mol. The summed E-state index contributed by atoms with van der Waals surface area (Å²) in [6, 6.07) is 0. The van der Waals surface area contributed by atoms with Crippen molar-refractivity contribution in [2.75, 3.05) is 61.2 Å². The molecule has 8 nitrogen and oxygen atoms in total. The van der Waals surface area contributed by atoms with Crippen LogP contribution in [0.2, 0.25) is 0 Å². The molecule has 0 atom stereocenters. The van der Waals surface area contributed by atoms with Crippen LogP contribution in [0, 0.1) is 0 Å². The van der Waals surface area contributed by atoms with E-state index in [1.54, 1.807) is 39.1 Å². The molecule has 24 heavy (non-hydrogen) atoms. The minimum Gasteiger partial charge on any atom is -0.383 e. The molecule has 0 spiro atoms. The predicted molar refractivity (Wildman–Crippen MR) is 95.9 cm³/mol. The Hall–Kier alpha value is -1.93. The van der Waals surface area contributed by atoms with Crippen LogP contribution < -0.4 is 10.6 Å². The van der Waals surface area contributed by atoms with Crippen LogP contribution in [0.4, 0.5) is 0 Å². The molecular weight excluding hydrogens is 310 g/mol. The highest BCUT2D eigenvalue weighted by atomic mass is 16.5. The number of ether oxygens (including phenoxy) is 1. The van der Waals surface area contributed by atoms with Crippen LogP contribution >= 0.6 is 0 Å². The molecule has 0 aromatic heterocycles. The SMILES string of the molecule is CNC(=O)/C=C/C(=NCNCCCN(C)C(C)=O)N(C)CCOC. The van der Waals surface area contributed by atoms with E-state index in [0.29, 0.717) is 32.2 Å². The van der Waals surface area contributed by atoms with Crippen LogP contribution in [-0.4, -0.2) is 88.6 Å². The Bertz CT molecular complexity index is 437. The van der Waals surface area contributed by atoms with Gasteiger partial charge in [-0.05, 0) is 19.0 Å². The predicted octanol–water partition coefficient (Wildman–Crippen LogP) is -0.319. The lowest BCUT2D eigenvalue weighted by molar-refractivity contribution is -0.127. The standard InChI is InChI=1S/C16H31N5O3/c1-14(22)20(3)10-6-9-18-13-19-15(7-8-16(23)17-2)21(4)11-12-24-5/h7-8,18H,6,9-13H2,1-5H3,(H,17,23)/b8-7+,19-15?. The number of hydrogen-bond donors (Lipinski definition) is 2. The summed E-state index contributed by atoms with van der Waals surface area (Å²) in [5.74, 6) is 0.585. The van der Waals surface area contributed by atoms with Crippen molar-refractivity contribution in [2.45, 2.75) is 13.3 Å². The van der Waals surface area contributed by atoms with Gasteiger partial charge in [-0.15, -0.1) is 0 Å². The van der Waals surface area contributed by atoms with Gasteiger partial charge in [-0.25, -0.2) is 0 Å². The Balaban J connectivity index is 4.39. The van der Waals surface area contributed by atoms with Crippen molar-refractivity contribution in [2.24, 2.45) is 4.99 Å². The Morgan fingerprint density at radius 3 is 2.46 bits per heavy atom. The third-order valence-electron chi connectivity index (χ3n) is 3.39. The van der Waals surface area contributed by atoms with Crippen molar-refractivity contribution in [3.63, 3.8) is 0 Å². The molecule has 138 valence electrons. The largest absolute Gasteiger partial charge is 0.383 e. The molecule has 2 N–H and O–H groups in total. The Labute approximate surface area is 144 Å². The molecule has 0 bridgehead atoms. The van der Waals surface area contributed by atoms with E-state index in [0.717, 1.165) is 13.0 Å². The second kappa shape index (κ2) is 13.5. The van der Waals surface area contributed by atoms with Gasteiger partial charge in [-0.2, -0.15) is 0 Å². The maximum Gasteiger partial charge on any atom is 0.243 e. The number of carbonyl (C=O) groups is 2. The highest BCUT2D eigenvalue weighted by Gasteiger charge is 2.04. The van der Waals surface area contributed by atoms with E-state index in [4.69, 9.17) is 4.74 Å². The van der Waals surface area contributed by atoms with Gasteiger partial charge >= 0.3 is 0 Å². The summed E-state index contributed by atoms with van der Waals surface area (Å²) in [5.41, 5.74) is 0. The van der Waals surface area contributed by atoms with Gasteiger partial charge < -0.3 is 19.9 Å². The van der Waals surface area contributed by atoms with E-state index in [2.05, 4.69) is 15.6 Å². The fourth-order valence-corrected chi connectivity index (χ4v) is 1.69. The molecule has 0 rings (SSSR count). The van der Waals surface area contributed by atoms with Crippen LogP contribution in [0.15, 0.2) is 17.1 Å². The maximum atomic E-state index is 11.3. The molecule has 8 heteroatoms. The number of nitrogens with one attached hydrogen (secondary N) is 2. The second-order valence-corrected chi connectivity index (χ2v) is 5.33. The van der Waals surface area contributed by atoms with Gasteiger partial charge in [0.15, 0.2) is 0 Å². The lowest BCUT2D eigenvalue weighted by Crippen LogP contribution is -2.31. The smallest absolute Gasteiger partial charge is 0.243 e. The summed E-state index contributed by atoms with van der Waals surface area (Å²) in [7, 11) is 6.91. The third-order valence-corrected chi connectivity index (χ3v) is 3.39. The second-order valence-electron chi connectivity index (χ2n) is 5.33. The van der Waals surface area contributed by atoms with E-state index in [1.165, 1.54) is 6.08 Å². The summed E-state index contributed by atoms with van der Waals surface area (Å²) >= 11 is 0. The highest BCUT2D eigenvalue weighted by Crippen LogP contribution is 1.93. The van der Waals surface area contributed by atoms with Crippen molar-refractivity contribution in [1.82, 2.24) is 20.4 Å². The Morgan fingerprint density at radius 2 is 1.88 bits per heavy atom. The molecular formula is C16H31N5O3. The molecule has 0 fully saturated rings. The Kier molecular flexibility index (Phi) is 12.4. The van der Waals surface area contributed by atoms with Crippen LogP contribution in [-0.2, 0) is 14.3 Å². The number of likely N-dealkylation sites (N-methyl/N-ethyl adjacent to an activating group) is 2. The van der Waals surface area contributed by atoms with Gasteiger partial charge in [0.1, 0.15) is 5.84 Å². The van der Waals surface area contributed by atoms with Crippen molar-refractivity contribution < 1.29 is 14.3 Å². The minimum atomic E-state index is -0.178. The number of methoxy groups -OCH3 is 1. The highest BCUT2D eigenvalue weighted by molar-refractivity contribution is 5.99. The average molecular weight is 341 g/mol. The van der Waals surface area contributed by atoms with Gasteiger partial charge in [0.25, 0.3) is 0 Å². The lowest BCUT2D eigenvalue weighted by Gasteiger charge is -2.19. The molecule has 0 aliphatic rings. The topological polar surface area (TPSA) is 86.3 Å². The van der Waals surface area contributed by atoms with E-state index in [9.17, 15) is 9.59 Å². The van der Waals surface area contributed by atoms with Crippen LogP contribution in [0.25, 0.3) is 0 Å². The first-order chi connectivity index (χ1) is 11.4. The summed E-state index contributed by atoms with van der Waals surface area (Å²) in [6.45, 7) is 4.72. The van der Waals surface area contributed by atoms with Crippen molar-refractivity contribution in [3.05, 3.63) is 12.2 Å². The summed E-state index contributed by atoms with van der Waals surface area (Å²) in [5, 5.41) is 5.74. The summed E-state index contributed by atoms with van der Waals surface area (Å²) in [6.07, 6.45) is 3.98. The fraction of sp³-hybridized carbons (Fsp3) is 0.688. The molecule has 0 radical (unpaired) electrons. The lowest BCUT2D eigenvalue weighted by atomic mass is 10.4. The molecule has 2 amide bonds. The summed E-state index contributed by atoms with van der Waals surface area (Å²) in [4.78, 5) is 30.5. The quantitative estimate of drug-likeness (QED) is 0.233. The van der Waals surface area contributed by atoms with Gasteiger partial charge in [0, 0.05) is 54.3 Å². The summed E-state index contributed by atoms with van der Waals surface area (Å²) < 4.78 is 5.06. The molecule has 0 unspecified atom stereocenters. The number of amidine groups is 1. The molecule has 0 saturated heterocycles. The average Bonchev–Trinajstić information content (AvgIpc) is 2.57. The number of aliphatic imine (C=N–C) groups is 1. The first-order valence-corrected chi connectivity index (χ1v) is 7.99. The molecule has 0 saturated carbocycles.